The lowest BCUT2D eigenvalue weighted by Gasteiger charge is -2.03. The Balaban J connectivity index is 1.82. The molecule has 0 bridgehead atoms. The van der Waals surface area contributed by atoms with Gasteiger partial charge in [-0.25, -0.2) is 0 Å². The number of hydrogen-bond acceptors (Lipinski definition) is 5. The summed E-state index contributed by atoms with van der Waals surface area (Å²) in [6, 6.07) is 7.70. The highest BCUT2D eigenvalue weighted by molar-refractivity contribution is 7.15. The number of nitrogens with zero attached hydrogens (tertiary/aromatic N) is 2. The third-order valence-corrected chi connectivity index (χ3v) is 3.33. The van der Waals surface area contributed by atoms with Crippen molar-refractivity contribution in [3.05, 3.63) is 34.8 Å². The Bertz CT molecular complexity index is 551. The van der Waals surface area contributed by atoms with Crippen LogP contribution >= 0.6 is 11.3 Å². The van der Waals surface area contributed by atoms with Crippen LogP contribution in [0, 0.1) is 6.92 Å². The summed E-state index contributed by atoms with van der Waals surface area (Å²) in [5.74, 6) is 0.768. The summed E-state index contributed by atoms with van der Waals surface area (Å²) in [6.45, 7) is 1.85. The Kier molecular flexibility index (Phi) is 4.46. The molecule has 19 heavy (non-hydrogen) atoms. The van der Waals surface area contributed by atoms with Crippen LogP contribution in [0.3, 0.4) is 0 Å². The minimum Gasteiger partial charge on any atom is -0.497 e. The summed E-state index contributed by atoms with van der Waals surface area (Å²) in [6.07, 6.45) is 1.11. The second kappa shape index (κ2) is 6.29. The van der Waals surface area contributed by atoms with Crippen molar-refractivity contribution >= 4 is 22.4 Å². The van der Waals surface area contributed by atoms with Gasteiger partial charge in [0.1, 0.15) is 10.8 Å². The number of aromatic nitrogens is 2. The number of nitrogens with one attached hydrogen (secondary N) is 1. The van der Waals surface area contributed by atoms with Gasteiger partial charge in [-0.15, -0.1) is 10.2 Å². The molecule has 0 radical (unpaired) electrons. The molecule has 0 aliphatic rings. The van der Waals surface area contributed by atoms with Crippen molar-refractivity contribution < 1.29 is 9.53 Å². The minimum absolute atomic E-state index is 0.0491. The minimum atomic E-state index is -0.0491. The maximum Gasteiger partial charge on any atom is 0.226 e. The molecule has 2 aromatic rings. The highest BCUT2D eigenvalue weighted by Crippen LogP contribution is 2.15. The molecule has 0 saturated heterocycles. The van der Waals surface area contributed by atoms with Crippen LogP contribution in [-0.2, 0) is 11.2 Å². The van der Waals surface area contributed by atoms with E-state index >= 15 is 0 Å². The fourth-order valence-electron chi connectivity index (χ4n) is 1.58. The van der Waals surface area contributed by atoms with Crippen molar-refractivity contribution in [2.45, 2.75) is 19.8 Å². The molecule has 0 aliphatic heterocycles. The molecule has 1 aromatic heterocycles. The molecule has 100 valence electrons. The second-order valence-electron chi connectivity index (χ2n) is 4.02. The predicted octanol–water partition coefficient (Wildman–Crippen LogP) is 2.43. The molecule has 0 saturated carbocycles. The van der Waals surface area contributed by atoms with Crippen LogP contribution in [0.1, 0.15) is 17.0 Å². The van der Waals surface area contributed by atoms with Gasteiger partial charge < -0.3 is 10.1 Å². The molecule has 0 atom stereocenters. The molecule has 0 fully saturated rings. The molecule has 1 N–H and O–H groups in total. The quantitative estimate of drug-likeness (QED) is 0.911. The molecule has 6 heteroatoms. The van der Waals surface area contributed by atoms with E-state index in [0.29, 0.717) is 18.0 Å². The van der Waals surface area contributed by atoms with Gasteiger partial charge in [0.15, 0.2) is 0 Å². The summed E-state index contributed by atoms with van der Waals surface area (Å²) in [4.78, 5) is 11.7. The van der Waals surface area contributed by atoms with Crippen LogP contribution in [0.25, 0.3) is 0 Å². The van der Waals surface area contributed by atoms with Crippen LogP contribution in [0.15, 0.2) is 24.3 Å². The SMILES string of the molecule is COc1ccc(CCC(=O)Nc2nnc(C)s2)cc1. The monoisotopic (exact) mass is 277 g/mol. The summed E-state index contributed by atoms with van der Waals surface area (Å²) < 4.78 is 5.08. The normalized spacial score (nSPS) is 10.2. The van der Waals surface area contributed by atoms with Gasteiger partial charge in [0.2, 0.25) is 11.0 Å². The number of methoxy groups -OCH3 is 1. The molecule has 2 rings (SSSR count). The number of amides is 1. The average Bonchev–Trinajstić information content (AvgIpc) is 2.82. The Labute approximate surface area is 115 Å². The zero-order valence-corrected chi connectivity index (χ0v) is 11.7. The first-order valence-electron chi connectivity index (χ1n) is 5.90. The lowest BCUT2D eigenvalue weighted by molar-refractivity contribution is -0.116. The van der Waals surface area contributed by atoms with Crippen molar-refractivity contribution in [3.8, 4) is 5.75 Å². The largest absolute Gasteiger partial charge is 0.497 e. The molecule has 0 aliphatic carbocycles. The number of ether oxygens (including phenoxy) is 1. The number of anilines is 1. The van der Waals surface area contributed by atoms with Gasteiger partial charge in [-0.1, -0.05) is 23.5 Å². The standard InChI is InChI=1S/C13H15N3O2S/c1-9-15-16-13(19-9)14-12(17)8-5-10-3-6-11(18-2)7-4-10/h3-4,6-7H,5,8H2,1-2H3,(H,14,16,17). The van der Waals surface area contributed by atoms with Crippen molar-refractivity contribution in [3.63, 3.8) is 0 Å². The molecule has 1 aromatic carbocycles. The van der Waals surface area contributed by atoms with Crippen molar-refractivity contribution in [1.29, 1.82) is 0 Å². The number of carbonyl (C=O) groups excluding carboxylic acids is 1. The molecule has 1 heterocycles. The first-order valence-corrected chi connectivity index (χ1v) is 6.72. The van der Waals surface area contributed by atoms with Gasteiger partial charge >= 0.3 is 0 Å². The predicted molar refractivity (Wildman–Crippen MR) is 74.6 cm³/mol. The number of aryl methyl sites for hydroxylation is 2. The van der Waals surface area contributed by atoms with Crippen molar-refractivity contribution in [1.82, 2.24) is 10.2 Å². The van der Waals surface area contributed by atoms with E-state index in [4.69, 9.17) is 4.74 Å². The van der Waals surface area contributed by atoms with E-state index in [2.05, 4.69) is 15.5 Å². The second-order valence-corrected chi connectivity index (χ2v) is 5.20. The highest BCUT2D eigenvalue weighted by atomic mass is 32.1. The lowest BCUT2D eigenvalue weighted by atomic mass is 10.1. The van der Waals surface area contributed by atoms with Gasteiger partial charge in [-0.05, 0) is 31.0 Å². The Hall–Kier alpha value is -1.95. The fraction of sp³-hybridized carbons (Fsp3) is 0.308. The number of benzene rings is 1. The van der Waals surface area contributed by atoms with Crippen LogP contribution < -0.4 is 10.1 Å². The van der Waals surface area contributed by atoms with E-state index in [1.54, 1.807) is 7.11 Å². The highest BCUT2D eigenvalue weighted by Gasteiger charge is 2.06. The molecule has 0 unspecified atom stereocenters. The first-order chi connectivity index (χ1) is 9.17. The Morgan fingerprint density at radius 3 is 2.63 bits per heavy atom. The molecule has 0 spiro atoms. The third-order valence-electron chi connectivity index (χ3n) is 2.57. The van der Waals surface area contributed by atoms with Crippen LogP contribution in [-0.4, -0.2) is 23.2 Å². The number of carbonyl (C=O) groups is 1. The van der Waals surface area contributed by atoms with Crippen molar-refractivity contribution in [2.75, 3.05) is 12.4 Å². The zero-order valence-electron chi connectivity index (χ0n) is 10.8. The summed E-state index contributed by atoms with van der Waals surface area (Å²) in [5, 5.41) is 11.8. The zero-order chi connectivity index (χ0) is 13.7. The van der Waals surface area contributed by atoms with Gasteiger partial charge in [0.05, 0.1) is 7.11 Å². The van der Waals surface area contributed by atoms with E-state index in [1.165, 1.54) is 11.3 Å². The molecular weight excluding hydrogens is 262 g/mol. The first kappa shape index (κ1) is 13.5. The molecule has 1 amide bonds. The maximum absolute atomic E-state index is 11.7. The van der Waals surface area contributed by atoms with E-state index < -0.39 is 0 Å². The summed E-state index contributed by atoms with van der Waals surface area (Å²) >= 11 is 1.37. The number of hydrogen-bond donors (Lipinski definition) is 1. The fourth-order valence-corrected chi connectivity index (χ4v) is 2.19. The lowest BCUT2D eigenvalue weighted by Crippen LogP contribution is -2.12. The smallest absolute Gasteiger partial charge is 0.226 e. The van der Waals surface area contributed by atoms with E-state index in [-0.39, 0.29) is 5.91 Å². The van der Waals surface area contributed by atoms with Gasteiger partial charge in [0, 0.05) is 6.42 Å². The van der Waals surface area contributed by atoms with Gasteiger partial charge in [0.25, 0.3) is 0 Å². The molecular formula is C13H15N3O2S. The van der Waals surface area contributed by atoms with Gasteiger partial charge in [-0.3, -0.25) is 4.79 Å². The van der Waals surface area contributed by atoms with Crippen LogP contribution in [0.2, 0.25) is 0 Å². The van der Waals surface area contributed by atoms with Crippen LogP contribution in [0.4, 0.5) is 5.13 Å². The van der Waals surface area contributed by atoms with E-state index in [9.17, 15) is 4.79 Å². The van der Waals surface area contributed by atoms with Gasteiger partial charge in [-0.2, -0.15) is 0 Å². The van der Waals surface area contributed by atoms with E-state index in [1.807, 2.05) is 31.2 Å². The molecule has 5 nitrogen and oxygen atoms in total. The van der Waals surface area contributed by atoms with Crippen molar-refractivity contribution in [2.24, 2.45) is 0 Å². The summed E-state index contributed by atoms with van der Waals surface area (Å²) in [7, 11) is 1.63. The average molecular weight is 277 g/mol. The number of rotatable bonds is 5. The Morgan fingerprint density at radius 1 is 1.32 bits per heavy atom. The van der Waals surface area contributed by atoms with E-state index in [0.717, 1.165) is 16.3 Å². The Morgan fingerprint density at radius 2 is 2.05 bits per heavy atom. The third kappa shape index (κ3) is 4.03. The summed E-state index contributed by atoms with van der Waals surface area (Å²) in [5.41, 5.74) is 1.10. The van der Waals surface area contributed by atoms with Crippen LogP contribution in [0.5, 0.6) is 5.75 Å². The topological polar surface area (TPSA) is 64.1 Å². The maximum atomic E-state index is 11.7.